The molecule has 1 N–H and O–H groups in total. The van der Waals surface area contributed by atoms with Crippen molar-refractivity contribution in [2.24, 2.45) is 4.99 Å². The molecule has 0 aliphatic heterocycles. The highest BCUT2D eigenvalue weighted by atomic mass is 32.2. The zero-order valence-corrected chi connectivity index (χ0v) is 10.1. The van der Waals surface area contributed by atoms with Crippen LogP contribution in [-0.4, -0.2) is 19.6 Å². The Balaban J connectivity index is 2.86. The van der Waals surface area contributed by atoms with E-state index in [0.717, 1.165) is 29.3 Å². The van der Waals surface area contributed by atoms with E-state index in [1.165, 1.54) is 12.0 Å². The normalized spacial score (nSPS) is 17.0. The van der Waals surface area contributed by atoms with Gasteiger partial charge in [-0.15, -0.1) is 11.8 Å². The molecule has 1 rings (SSSR count). The van der Waals surface area contributed by atoms with Crippen molar-refractivity contribution in [3.8, 4) is 0 Å². The van der Waals surface area contributed by atoms with Gasteiger partial charge in [-0.05, 0) is 38.6 Å². The van der Waals surface area contributed by atoms with Crippen molar-refractivity contribution < 1.29 is 0 Å². The van der Waals surface area contributed by atoms with Gasteiger partial charge in [0.15, 0.2) is 0 Å². The number of rotatable bonds is 6. The largest absolute Gasteiger partial charge is 0.311 e. The Hall–Kier alpha value is -0.800. The maximum absolute atomic E-state index is 4.14. The Morgan fingerprint density at radius 3 is 3.00 bits per heavy atom. The molecule has 0 heterocycles. The van der Waals surface area contributed by atoms with Crippen LogP contribution >= 0.6 is 11.8 Å². The SMILES string of the molecule is C=C/C(SCNC)=C(/N=C)C1=CCCC1. The Kier molecular flexibility index (Phi) is 5.43. The second-order valence-electron chi connectivity index (χ2n) is 3.34. The van der Waals surface area contributed by atoms with Crippen LogP contribution in [0.1, 0.15) is 19.3 Å². The van der Waals surface area contributed by atoms with Crippen LogP contribution in [0.25, 0.3) is 0 Å². The smallest absolute Gasteiger partial charge is 0.0787 e. The van der Waals surface area contributed by atoms with Crippen molar-refractivity contribution in [1.29, 1.82) is 0 Å². The van der Waals surface area contributed by atoms with Gasteiger partial charge >= 0.3 is 0 Å². The molecule has 2 nitrogen and oxygen atoms in total. The van der Waals surface area contributed by atoms with Crippen molar-refractivity contribution in [3.63, 3.8) is 0 Å². The average molecular weight is 222 g/mol. The van der Waals surface area contributed by atoms with Gasteiger partial charge in [0.25, 0.3) is 0 Å². The first-order chi connectivity index (χ1) is 7.33. The summed E-state index contributed by atoms with van der Waals surface area (Å²) in [6, 6.07) is 0. The maximum Gasteiger partial charge on any atom is 0.0787 e. The van der Waals surface area contributed by atoms with Crippen molar-refractivity contribution >= 4 is 18.5 Å². The number of nitrogens with one attached hydrogen (secondary N) is 1. The van der Waals surface area contributed by atoms with Crippen LogP contribution < -0.4 is 5.32 Å². The monoisotopic (exact) mass is 222 g/mol. The van der Waals surface area contributed by atoms with Gasteiger partial charge in [0.2, 0.25) is 0 Å². The molecule has 0 fully saturated rings. The first-order valence-corrected chi connectivity index (χ1v) is 6.12. The van der Waals surface area contributed by atoms with E-state index < -0.39 is 0 Å². The van der Waals surface area contributed by atoms with Gasteiger partial charge in [-0.1, -0.05) is 18.7 Å². The zero-order valence-electron chi connectivity index (χ0n) is 9.25. The lowest BCUT2D eigenvalue weighted by molar-refractivity contribution is 0.907. The summed E-state index contributed by atoms with van der Waals surface area (Å²) in [5, 5.41) is 3.10. The highest BCUT2D eigenvalue weighted by Crippen LogP contribution is 2.31. The van der Waals surface area contributed by atoms with Crippen LogP contribution in [0, 0.1) is 0 Å². The van der Waals surface area contributed by atoms with Gasteiger partial charge in [0, 0.05) is 10.8 Å². The molecule has 0 aromatic heterocycles. The fourth-order valence-corrected chi connectivity index (χ4v) is 2.35. The Bertz CT molecular complexity index is 303. The third-order valence-electron chi connectivity index (χ3n) is 2.29. The summed E-state index contributed by atoms with van der Waals surface area (Å²) in [6.45, 7) is 7.49. The van der Waals surface area contributed by atoms with E-state index in [2.05, 4.69) is 29.7 Å². The van der Waals surface area contributed by atoms with Crippen LogP contribution in [0.5, 0.6) is 0 Å². The molecular formula is C12H18N2S. The van der Waals surface area contributed by atoms with Gasteiger partial charge in [0.1, 0.15) is 0 Å². The molecule has 0 atom stereocenters. The molecule has 0 aromatic carbocycles. The Morgan fingerprint density at radius 1 is 1.73 bits per heavy atom. The molecule has 0 saturated heterocycles. The van der Waals surface area contributed by atoms with Gasteiger partial charge in [-0.3, -0.25) is 4.99 Å². The van der Waals surface area contributed by atoms with Crippen molar-refractivity contribution in [2.45, 2.75) is 19.3 Å². The van der Waals surface area contributed by atoms with Gasteiger partial charge in [-0.2, -0.15) is 0 Å². The van der Waals surface area contributed by atoms with E-state index in [1.54, 1.807) is 11.8 Å². The summed E-state index contributed by atoms with van der Waals surface area (Å²) in [6.07, 6.45) is 7.63. The van der Waals surface area contributed by atoms with Crippen LogP contribution in [0.2, 0.25) is 0 Å². The van der Waals surface area contributed by atoms with Crippen LogP contribution in [0.3, 0.4) is 0 Å². The van der Waals surface area contributed by atoms with Crippen molar-refractivity contribution in [3.05, 3.63) is 34.9 Å². The van der Waals surface area contributed by atoms with Gasteiger partial charge < -0.3 is 5.32 Å². The third kappa shape index (κ3) is 3.36. The first kappa shape index (κ1) is 12.3. The predicted octanol–water partition coefficient (Wildman–Crippen LogP) is 3.11. The summed E-state index contributed by atoms with van der Waals surface area (Å²) < 4.78 is 0. The van der Waals surface area contributed by atoms with E-state index in [0.29, 0.717) is 0 Å². The molecule has 0 spiro atoms. The average Bonchev–Trinajstić information content (AvgIpc) is 2.77. The summed E-state index contributed by atoms with van der Waals surface area (Å²) in [5.41, 5.74) is 2.34. The second kappa shape index (κ2) is 6.64. The van der Waals surface area contributed by atoms with Crippen molar-refractivity contribution in [1.82, 2.24) is 5.32 Å². The second-order valence-corrected chi connectivity index (χ2v) is 4.36. The van der Waals surface area contributed by atoms with Gasteiger partial charge in [-0.25, -0.2) is 0 Å². The zero-order chi connectivity index (χ0) is 11.1. The third-order valence-corrected chi connectivity index (χ3v) is 3.40. The van der Waals surface area contributed by atoms with Gasteiger partial charge in [0.05, 0.1) is 5.70 Å². The van der Waals surface area contributed by atoms with Crippen LogP contribution in [-0.2, 0) is 0 Å². The topological polar surface area (TPSA) is 24.4 Å². The number of aliphatic imine (C=N–C) groups is 1. The lowest BCUT2D eigenvalue weighted by Gasteiger charge is -2.08. The fraction of sp³-hybridized carbons (Fsp3) is 0.417. The molecule has 0 bridgehead atoms. The lowest BCUT2D eigenvalue weighted by atomic mass is 10.1. The highest BCUT2D eigenvalue weighted by molar-refractivity contribution is 8.03. The molecule has 0 amide bonds. The summed E-state index contributed by atoms with van der Waals surface area (Å²) in [5.74, 6) is 0.869. The maximum atomic E-state index is 4.14. The van der Waals surface area contributed by atoms with Crippen molar-refractivity contribution in [2.75, 3.05) is 12.9 Å². The molecule has 1 aliphatic rings. The van der Waals surface area contributed by atoms with Crippen LogP contribution in [0.4, 0.5) is 0 Å². The van der Waals surface area contributed by atoms with E-state index in [1.807, 2.05) is 13.1 Å². The lowest BCUT2D eigenvalue weighted by Crippen LogP contribution is -2.03. The molecular weight excluding hydrogens is 204 g/mol. The van der Waals surface area contributed by atoms with E-state index in [4.69, 9.17) is 0 Å². The molecule has 1 aliphatic carbocycles. The minimum Gasteiger partial charge on any atom is -0.311 e. The Labute approximate surface area is 96.2 Å². The molecule has 0 radical (unpaired) electrons. The number of nitrogens with zero attached hydrogens (tertiary/aromatic N) is 1. The van der Waals surface area contributed by atoms with E-state index in [-0.39, 0.29) is 0 Å². The summed E-state index contributed by atoms with van der Waals surface area (Å²) in [7, 11) is 1.93. The fourth-order valence-electron chi connectivity index (χ4n) is 1.60. The molecule has 0 saturated carbocycles. The molecule has 3 heteroatoms. The minimum absolute atomic E-state index is 0.869. The summed E-state index contributed by atoms with van der Waals surface area (Å²) in [4.78, 5) is 5.25. The molecule has 0 aromatic rings. The number of hydrogen-bond acceptors (Lipinski definition) is 3. The van der Waals surface area contributed by atoms with E-state index in [9.17, 15) is 0 Å². The summed E-state index contributed by atoms with van der Waals surface area (Å²) >= 11 is 1.72. The van der Waals surface area contributed by atoms with E-state index >= 15 is 0 Å². The minimum atomic E-state index is 0.869. The quantitative estimate of drug-likeness (QED) is 0.424. The highest BCUT2D eigenvalue weighted by Gasteiger charge is 2.12. The number of thioether (sulfide) groups is 1. The molecule has 82 valence electrons. The van der Waals surface area contributed by atoms with Crippen LogP contribution in [0.15, 0.2) is 39.9 Å². The standard InChI is InChI=1S/C12H18N2S/c1-4-11(15-9-13-2)12(14-3)10-7-5-6-8-10/h4,7,13H,1,3,5-6,8-9H2,2H3/b12-11-. The number of hydrogen-bond donors (Lipinski definition) is 1. The molecule has 15 heavy (non-hydrogen) atoms. The number of allylic oxidation sites excluding steroid dienone is 3. The Morgan fingerprint density at radius 2 is 2.53 bits per heavy atom. The predicted molar refractivity (Wildman–Crippen MR) is 70.2 cm³/mol. The molecule has 0 unspecified atom stereocenters. The first-order valence-electron chi connectivity index (χ1n) is 5.13.